The van der Waals surface area contributed by atoms with Crippen LogP contribution in [0.1, 0.15) is 76.2 Å². The van der Waals surface area contributed by atoms with Crippen molar-refractivity contribution in [2.75, 3.05) is 16.8 Å². The zero-order valence-electron chi connectivity index (χ0n) is 14.9. The second-order valence-corrected chi connectivity index (χ2v) is 9.08. The molecule has 4 rings (SSSR count). The third-order valence-corrected chi connectivity index (χ3v) is 6.81. The van der Waals surface area contributed by atoms with Gasteiger partial charge in [-0.15, -0.1) is 0 Å². The first kappa shape index (κ1) is 17.6. The molecule has 1 N–H and O–H groups in total. The number of amides is 1. The van der Waals surface area contributed by atoms with Crippen molar-refractivity contribution in [3.8, 4) is 0 Å². The number of carbonyl (C=O) groups excluding carboxylic acids is 1. The van der Waals surface area contributed by atoms with E-state index in [4.69, 9.17) is 0 Å². The summed E-state index contributed by atoms with van der Waals surface area (Å²) in [6, 6.07) is 2.79. The average Bonchev–Trinajstić information content (AvgIpc) is 2.94. The number of fused-ring (bicyclic) bond motifs is 2. The van der Waals surface area contributed by atoms with Gasteiger partial charge in [0.2, 0.25) is 0 Å². The maximum absolute atomic E-state index is 11.4. The molecule has 2 saturated carbocycles. The summed E-state index contributed by atoms with van der Waals surface area (Å²) in [6.07, 6.45) is 16.9. The minimum atomic E-state index is -0.0737. The van der Waals surface area contributed by atoms with E-state index in [1.165, 1.54) is 81.9 Å². The molecule has 4 nitrogen and oxygen atoms in total. The van der Waals surface area contributed by atoms with Crippen molar-refractivity contribution in [1.29, 1.82) is 0 Å². The highest BCUT2D eigenvalue weighted by atomic mass is 127. The Kier molecular flexibility index (Phi) is 5.20. The molecule has 25 heavy (non-hydrogen) atoms. The number of hydrogen-bond acceptors (Lipinski definition) is 3. The van der Waals surface area contributed by atoms with Gasteiger partial charge in [0.15, 0.2) is 0 Å². The standard InChI is InChI=1S/C20H28IN3O/c21-19(25)23-18-12-17-16(13-22-18)20(10-7-11-20)14-24(17)15-8-5-3-1-2-4-6-9-15/h12-13,15H,1-11,14H2,(H,22,23,25). The van der Waals surface area contributed by atoms with Crippen LogP contribution in [0.5, 0.6) is 0 Å². The molecule has 0 radical (unpaired) electrons. The Morgan fingerprint density at radius 1 is 1.12 bits per heavy atom. The number of pyridine rings is 1. The van der Waals surface area contributed by atoms with Crippen molar-refractivity contribution in [3.63, 3.8) is 0 Å². The molecule has 1 aromatic rings. The van der Waals surface area contributed by atoms with Crippen LogP contribution in [0.15, 0.2) is 12.3 Å². The summed E-state index contributed by atoms with van der Waals surface area (Å²) in [4.78, 5) is 18.7. The molecule has 1 aliphatic heterocycles. The van der Waals surface area contributed by atoms with Crippen LogP contribution in [0.25, 0.3) is 0 Å². The normalized spacial score (nSPS) is 23.3. The van der Waals surface area contributed by atoms with Crippen LogP contribution in [0.4, 0.5) is 16.3 Å². The zero-order chi connectivity index (χ0) is 17.3. The molecule has 3 aliphatic rings. The molecule has 2 fully saturated rings. The number of hydrogen-bond donors (Lipinski definition) is 1. The van der Waals surface area contributed by atoms with Crippen molar-refractivity contribution >= 4 is 38.0 Å². The lowest BCUT2D eigenvalue weighted by atomic mass is 9.66. The average molecular weight is 453 g/mol. The smallest absolute Gasteiger partial charge is 0.286 e. The molecule has 0 atom stereocenters. The quantitative estimate of drug-likeness (QED) is 0.350. The molecule has 5 heteroatoms. The van der Waals surface area contributed by atoms with Crippen LogP contribution >= 0.6 is 22.6 Å². The van der Waals surface area contributed by atoms with E-state index in [-0.39, 0.29) is 3.91 Å². The van der Waals surface area contributed by atoms with Gasteiger partial charge in [-0.25, -0.2) is 4.98 Å². The van der Waals surface area contributed by atoms with Gasteiger partial charge in [-0.3, -0.25) is 4.79 Å². The van der Waals surface area contributed by atoms with Crippen LogP contribution in [0.3, 0.4) is 0 Å². The number of rotatable bonds is 2. The summed E-state index contributed by atoms with van der Waals surface area (Å²) in [5, 5.41) is 2.86. The van der Waals surface area contributed by atoms with Crippen molar-refractivity contribution in [3.05, 3.63) is 17.8 Å². The van der Waals surface area contributed by atoms with Gasteiger partial charge >= 0.3 is 0 Å². The van der Waals surface area contributed by atoms with Crippen molar-refractivity contribution in [2.45, 2.75) is 82.1 Å². The van der Waals surface area contributed by atoms with Gasteiger partial charge in [-0.1, -0.05) is 44.9 Å². The first-order valence-electron chi connectivity index (χ1n) is 9.92. The predicted octanol–water partition coefficient (Wildman–Crippen LogP) is 5.79. The first-order valence-corrected chi connectivity index (χ1v) is 11.0. The van der Waals surface area contributed by atoms with Gasteiger partial charge < -0.3 is 10.2 Å². The Balaban J connectivity index is 1.63. The maximum atomic E-state index is 11.4. The molecule has 2 heterocycles. The summed E-state index contributed by atoms with van der Waals surface area (Å²) in [7, 11) is 0. The van der Waals surface area contributed by atoms with Crippen molar-refractivity contribution in [1.82, 2.24) is 4.98 Å². The Bertz CT molecular complexity index is 634. The Labute approximate surface area is 164 Å². The number of carbonyl (C=O) groups is 1. The van der Waals surface area contributed by atoms with E-state index in [0.717, 1.165) is 6.54 Å². The minimum Gasteiger partial charge on any atom is -0.367 e. The van der Waals surface area contributed by atoms with E-state index >= 15 is 0 Å². The summed E-state index contributed by atoms with van der Waals surface area (Å²) in [6.45, 7) is 1.16. The molecule has 1 aromatic heterocycles. The molecular formula is C20H28IN3O. The van der Waals surface area contributed by atoms with Crippen molar-refractivity contribution < 1.29 is 4.79 Å². The summed E-state index contributed by atoms with van der Waals surface area (Å²) in [5.41, 5.74) is 3.12. The first-order chi connectivity index (χ1) is 12.2. The van der Waals surface area contributed by atoms with Gasteiger partial charge in [0.05, 0.1) is 0 Å². The molecule has 0 saturated heterocycles. The Morgan fingerprint density at radius 2 is 1.80 bits per heavy atom. The van der Waals surface area contributed by atoms with E-state index in [2.05, 4.69) is 21.3 Å². The molecule has 136 valence electrons. The molecule has 0 bridgehead atoms. The third-order valence-electron chi connectivity index (χ3n) is 6.54. The van der Waals surface area contributed by atoms with Gasteiger partial charge in [-0.05, 0) is 25.7 Å². The van der Waals surface area contributed by atoms with E-state index in [1.54, 1.807) is 22.6 Å². The number of aromatic nitrogens is 1. The molecule has 0 unspecified atom stereocenters. The van der Waals surface area contributed by atoms with Crippen LogP contribution in [0, 0.1) is 0 Å². The highest BCUT2D eigenvalue weighted by Crippen LogP contribution is 2.53. The molecule has 2 aliphatic carbocycles. The van der Waals surface area contributed by atoms with Gasteiger partial charge in [-0.2, -0.15) is 0 Å². The van der Waals surface area contributed by atoms with E-state index in [0.29, 0.717) is 17.3 Å². The van der Waals surface area contributed by atoms with Crippen molar-refractivity contribution in [2.24, 2.45) is 0 Å². The Hall–Kier alpha value is -0.850. The number of anilines is 2. The maximum Gasteiger partial charge on any atom is 0.286 e. The highest BCUT2D eigenvalue weighted by molar-refractivity contribution is 14.1. The fourth-order valence-corrected chi connectivity index (χ4v) is 5.31. The highest BCUT2D eigenvalue weighted by Gasteiger charge is 2.48. The largest absolute Gasteiger partial charge is 0.367 e. The number of nitrogens with zero attached hydrogens (tertiary/aromatic N) is 2. The number of halogens is 1. The van der Waals surface area contributed by atoms with Gasteiger partial charge in [0.25, 0.3) is 3.91 Å². The van der Waals surface area contributed by atoms with E-state index < -0.39 is 0 Å². The van der Waals surface area contributed by atoms with E-state index in [1.807, 2.05) is 6.20 Å². The van der Waals surface area contributed by atoms with Gasteiger partial charge in [0.1, 0.15) is 5.82 Å². The fraction of sp³-hybridized carbons (Fsp3) is 0.700. The monoisotopic (exact) mass is 453 g/mol. The molecule has 1 spiro atoms. The lowest BCUT2D eigenvalue weighted by Gasteiger charge is -2.40. The number of nitrogens with one attached hydrogen (secondary N) is 1. The minimum absolute atomic E-state index is 0.0737. The third kappa shape index (κ3) is 3.53. The second kappa shape index (κ2) is 7.41. The topological polar surface area (TPSA) is 45.2 Å². The van der Waals surface area contributed by atoms with E-state index in [9.17, 15) is 4.79 Å². The SMILES string of the molecule is O=C(I)Nc1cc2c(cn1)C1(CCC1)CN2C1CCCCCCCC1. The van der Waals surface area contributed by atoms with Crippen LogP contribution in [0.2, 0.25) is 0 Å². The molecule has 0 aromatic carbocycles. The molecule has 1 amide bonds. The fourth-order valence-electron chi connectivity index (χ4n) is 5.04. The van der Waals surface area contributed by atoms with Crippen LogP contribution < -0.4 is 10.2 Å². The lowest BCUT2D eigenvalue weighted by molar-refractivity contribution is 0.256. The lowest BCUT2D eigenvalue weighted by Crippen LogP contribution is -2.43. The summed E-state index contributed by atoms with van der Waals surface area (Å²) >= 11 is 1.78. The second-order valence-electron chi connectivity index (χ2n) is 8.10. The summed E-state index contributed by atoms with van der Waals surface area (Å²) < 4.78 is -0.0737. The predicted molar refractivity (Wildman–Crippen MR) is 111 cm³/mol. The molecular weight excluding hydrogens is 425 g/mol. The summed E-state index contributed by atoms with van der Waals surface area (Å²) in [5.74, 6) is 0.697. The van der Waals surface area contributed by atoms with Gasteiger partial charge in [0, 0.05) is 64.1 Å². The zero-order valence-corrected chi connectivity index (χ0v) is 17.1. The Morgan fingerprint density at radius 3 is 2.40 bits per heavy atom. The van der Waals surface area contributed by atoms with Crippen LogP contribution in [-0.2, 0) is 5.41 Å². The van der Waals surface area contributed by atoms with Crippen LogP contribution in [-0.4, -0.2) is 21.5 Å².